The Morgan fingerprint density at radius 3 is 2.58 bits per heavy atom. The van der Waals surface area contributed by atoms with Gasteiger partial charge in [-0.3, -0.25) is 9.36 Å². The summed E-state index contributed by atoms with van der Waals surface area (Å²) < 4.78 is 18.7. The van der Waals surface area contributed by atoms with Gasteiger partial charge in [-0.1, -0.05) is 42.1 Å². The molecule has 2 aromatic carbocycles. The molecule has 5 aromatic rings. The van der Waals surface area contributed by atoms with Gasteiger partial charge >= 0.3 is 0 Å². The highest BCUT2D eigenvalue weighted by Gasteiger charge is 2.14. The maximum atomic E-state index is 13.6. The summed E-state index contributed by atoms with van der Waals surface area (Å²) in [4.78, 5) is 26.3. The van der Waals surface area contributed by atoms with E-state index in [-0.39, 0.29) is 11.5 Å². The van der Waals surface area contributed by atoms with Crippen LogP contribution < -0.4 is 20.8 Å². The van der Waals surface area contributed by atoms with Crippen molar-refractivity contribution in [3.63, 3.8) is 0 Å². The zero-order valence-corrected chi connectivity index (χ0v) is 21.5. The third-order valence-corrected chi connectivity index (χ3v) is 6.75. The monoisotopic (exact) mass is 529 g/mol. The van der Waals surface area contributed by atoms with Crippen molar-refractivity contribution in [2.24, 2.45) is 0 Å². The molecule has 0 aliphatic rings. The number of nitrogens with zero attached hydrogens (tertiary/aromatic N) is 4. The molecule has 0 fully saturated rings. The van der Waals surface area contributed by atoms with Crippen LogP contribution in [0.3, 0.4) is 0 Å². The van der Waals surface area contributed by atoms with Gasteiger partial charge < -0.3 is 19.6 Å². The van der Waals surface area contributed by atoms with Crippen molar-refractivity contribution in [1.82, 2.24) is 19.5 Å². The molecule has 0 atom stereocenters. The second kappa shape index (κ2) is 12.3. The van der Waals surface area contributed by atoms with Crippen LogP contribution >= 0.6 is 11.8 Å². The lowest BCUT2D eigenvalue weighted by molar-refractivity contribution is 0.261. The Hall–Kier alpha value is -4.31. The molecule has 9 nitrogen and oxygen atoms in total. The topological polar surface area (TPSA) is 118 Å². The Morgan fingerprint density at radius 1 is 0.947 bits per heavy atom. The van der Waals surface area contributed by atoms with Crippen LogP contribution in [0.1, 0.15) is 24.2 Å². The molecule has 10 heteroatoms. The fourth-order valence-corrected chi connectivity index (χ4v) is 4.76. The van der Waals surface area contributed by atoms with Crippen molar-refractivity contribution in [3.05, 3.63) is 101 Å². The summed E-state index contributed by atoms with van der Waals surface area (Å²) in [6, 6.07) is 20.9. The van der Waals surface area contributed by atoms with Gasteiger partial charge in [0.1, 0.15) is 11.5 Å². The van der Waals surface area contributed by atoms with E-state index >= 15 is 0 Å². The number of furan rings is 1. The summed E-state index contributed by atoms with van der Waals surface area (Å²) >= 11 is 1.53. The lowest BCUT2D eigenvalue weighted by Gasteiger charge is -2.13. The molecule has 0 saturated carbocycles. The summed E-state index contributed by atoms with van der Waals surface area (Å²) in [6.45, 7) is 1.27. The second-order valence-electron chi connectivity index (χ2n) is 8.48. The van der Waals surface area contributed by atoms with E-state index in [1.807, 2.05) is 42.5 Å². The summed E-state index contributed by atoms with van der Waals surface area (Å²) in [7, 11) is 0. The first-order valence-corrected chi connectivity index (χ1v) is 13.2. The highest BCUT2D eigenvalue weighted by molar-refractivity contribution is 7.98. The second-order valence-corrected chi connectivity index (χ2v) is 9.42. The average Bonchev–Trinajstić information content (AvgIpc) is 3.45. The van der Waals surface area contributed by atoms with Crippen LogP contribution in [0.5, 0.6) is 11.6 Å². The number of hydrogen-bond donors (Lipinski definition) is 1. The average molecular weight is 530 g/mol. The van der Waals surface area contributed by atoms with E-state index < -0.39 is 0 Å². The molecule has 2 N–H and O–H groups in total. The van der Waals surface area contributed by atoms with Crippen molar-refractivity contribution >= 4 is 28.6 Å². The first kappa shape index (κ1) is 25.3. The van der Waals surface area contributed by atoms with Gasteiger partial charge in [-0.15, -0.1) is 0 Å². The van der Waals surface area contributed by atoms with E-state index in [2.05, 4.69) is 22.1 Å². The van der Waals surface area contributed by atoms with Crippen molar-refractivity contribution in [2.45, 2.75) is 30.3 Å². The summed E-state index contributed by atoms with van der Waals surface area (Å²) in [5, 5.41) is 1.14. The molecule has 3 heterocycles. The number of aromatic nitrogens is 4. The SMILES string of the molecule is Nc1nccc(OCCCCOc2ccc3nc(SCc4ccccc4)n(Cc4ccco4)c(=O)c3c2)n1. The van der Waals surface area contributed by atoms with Crippen LogP contribution in [0.2, 0.25) is 0 Å². The van der Waals surface area contributed by atoms with Gasteiger partial charge in [0.05, 0.1) is 36.9 Å². The molecular formula is C28H27N5O4S. The van der Waals surface area contributed by atoms with E-state index in [1.54, 1.807) is 29.2 Å². The van der Waals surface area contributed by atoms with Crippen molar-refractivity contribution < 1.29 is 13.9 Å². The molecule has 38 heavy (non-hydrogen) atoms. The molecule has 5 rings (SSSR count). The number of nitrogens with two attached hydrogens (primary N) is 1. The minimum absolute atomic E-state index is 0.134. The molecule has 0 radical (unpaired) electrons. The summed E-state index contributed by atoms with van der Waals surface area (Å²) in [6.07, 6.45) is 4.71. The van der Waals surface area contributed by atoms with Gasteiger partial charge in [0, 0.05) is 18.0 Å². The summed E-state index contributed by atoms with van der Waals surface area (Å²) in [5.74, 6) is 2.64. The van der Waals surface area contributed by atoms with Gasteiger partial charge in [0.2, 0.25) is 11.8 Å². The minimum atomic E-state index is -0.134. The number of benzene rings is 2. The quantitative estimate of drug-likeness (QED) is 0.136. The van der Waals surface area contributed by atoms with Crippen LogP contribution in [0.4, 0.5) is 5.95 Å². The smallest absolute Gasteiger partial charge is 0.262 e. The molecule has 0 aliphatic carbocycles. The van der Waals surface area contributed by atoms with Crippen molar-refractivity contribution in [2.75, 3.05) is 18.9 Å². The van der Waals surface area contributed by atoms with E-state index in [4.69, 9.17) is 24.6 Å². The largest absolute Gasteiger partial charge is 0.494 e. The Kier molecular flexibility index (Phi) is 8.19. The van der Waals surface area contributed by atoms with Crippen molar-refractivity contribution in [1.29, 1.82) is 0 Å². The number of ether oxygens (including phenoxy) is 2. The highest BCUT2D eigenvalue weighted by atomic mass is 32.2. The molecule has 194 valence electrons. The van der Waals surface area contributed by atoms with Gasteiger partial charge in [-0.25, -0.2) is 9.97 Å². The van der Waals surface area contributed by atoms with Crippen LogP contribution in [0.15, 0.2) is 93.6 Å². The van der Waals surface area contributed by atoms with Gasteiger partial charge in [0.15, 0.2) is 5.16 Å². The highest BCUT2D eigenvalue weighted by Crippen LogP contribution is 2.25. The Bertz CT molecular complexity index is 1540. The van der Waals surface area contributed by atoms with E-state index in [0.717, 1.165) is 18.4 Å². The number of nitrogen functional groups attached to an aromatic ring is 1. The van der Waals surface area contributed by atoms with E-state index in [9.17, 15) is 4.79 Å². The van der Waals surface area contributed by atoms with Crippen LogP contribution in [0, 0.1) is 0 Å². The Balaban J connectivity index is 1.26. The van der Waals surface area contributed by atoms with Gasteiger partial charge in [0.25, 0.3) is 5.56 Å². The minimum Gasteiger partial charge on any atom is -0.494 e. The molecule has 0 spiro atoms. The predicted octanol–water partition coefficient (Wildman–Crippen LogP) is 4.94. The van der Waals surface area contributed by atoms with Gasteiger partial charge in [-0.2, -0.15) is 4.98 Å². The first-order valence-electron chi connectivity index (χ1n) is 12.2. The Morgan fingerprint density at radius 2 is 1.79 bits per heavy atom. The lowest BCUT2D eigenvalue weighted by atomic mass is 10.2. The normalized spacial score (nSPS) is 11.1. The number of thioether (sulfide) groups is 1. The number of anilines is 1. The number of fused-ring (bicyclic) bond motifs is 1. The standard InChI is InChI=1S/C28H27N5O4S/c29-27-30-13-12-25(32-27)37-15-5-4-14-35-21-10-11-24-23(17-21)26(34)33(18-22-9-6-16-36-22)28(31-24)38-19-20-7-2-1-3-8-20/h1-3,6-13,16-17H,4-5,14-15,18-19H2,(H2,29,30,32). The molecule has 0 saturated heterocycles. The van der Waals surface area contributed by atoms with Crippen LogP contribution in [-0.4, -0.2) is 32.7 Å². The molecule has 0 bridgehead atoms. The number of rotatable bonds is 12. The first-order chi connectivity index (χ1) is 18.7. The van der Waals surface area contributed by atoms with Gasteiger partial charge in [-0.05, 0) is 48.7 Å². The maximum absolute atomic E-state index is 13.6. The van der Waals surface area contributed by atoms with E-state index in [0.29, 0.717) is 59.0 Å². The van der Waals surface area contributed by atoms with Crippen LogP contribution in [0.25, 0.3) is 10.9 Å². The maximum Gasteiger partial charge on any atom is 0.262 e. The summed E-state index contributed by atoms with van der Waals surface area (Å²) in [5.41, 5.74) is 7.21. The molecule has 3 aromatic heterocycles. The lowest BCUT2D eigenvalue weighted by Crippen LogP contribution is -2.24. The molecular weight excluding hydrogens is 502 g/mol. The zero-order chi connectivity index (χ0) is 26.2. The third kappa shape index (κ3) is 6.51. The van der Waals surface area contributed by atoms with E-state index in [1.165, 1.54) is 11.8 Å². The number of unbranched alkanes of at least 4 members (excludes halogenated alkanes) is 1. The predicted molar refractivity (Wildman–Crippen MR) is 146 cm³/mol. The number of hydrogen-bond acceptors (Lipinski definition) is 9. The van der Waals surface area contributed by atoms with Crippen molar-refractivity contribution in [3.8, 4) is 11.6 Å². The molecule has 0 amide bonds. The Labute approximate surface area is 223 Å². The molecule has 0 aliphatic heterocycles. The fourth-order valence-electron chi connectivity index (χ4n) is 3.81. The molecule has 0 unspecified atom stereocenters. The third-order valence-electron chi connectivity index (χ3n) is 5.70. The fraction of sp³-hybridized carbons (Fsp3) is 0.214. The zero-order valence-electron chi connectivity index (χ0n) is 20.7. The van der Waals surface area contributed by atoms with Crippen LogP contribution in [-0.2, 0) is 12.3 Å².